The molecule has 0 aromatic heterocycles. The molecule has 7 heteroatoms. The van der Waals surface area contributed by atoms with Crippen molar-refractivity contribution in [3.63, 3.8) is 0 Å². The van der Waals surface area contributed by atoms with Crippen LogP contribution in [0.2, 0.25) is 0 Å². The summed E-state index contributed by atoms with van der Waals surface area (Å²) in [4.78, 5) is 35.1. The van der Waals surface area contributed by atoms with E-state index in [2.05, 4.69) is 5.32 Å². The lowest BCUT2D eigenvalue weighted by Gasteiger charge is -2.23. The summed E-state index contributed by atoms with van der Waals surface area (Å²) in [7, 11) is 0. The molecule has 3 aliphatic rings. The van der Waals surface area contributed by atoms with Crippen molar-refractivity contribution in [1.82, 2.24) is 0 Å². The Bertz CT molecular complexity index is 729. The largest absolute Gasteiger partial charge is 0.462 e. The fourth-order valence-corrected chi connectivity index (χ4v) is 4.47. The first-order chi connectivity index (χ1) is 11.0. The van der Waals surface area contributed by atoms with Crippen molar-refractivity contribution in [2.45, 2.75) is 25.9 Å². The van der Waals surface area contributed by atoms with Crippen LogP contribution in [0.4, 0.5) is 11.4 Å². The number of rotatable bonds is 3. The first-order valence-corrected chi connectivity index (χ1v) is 7.72. The van der Waals surface area contributed by atoms with Crippen LogP contribution < -0.4 is 5.32 Å². The fraction of sp³-hybridized carbons (Fsp3) is 0.500. The zero-order valence-corrected chi connectivity index (χ0v) is 12.5. The van der Waals surface area contributed by atoms with E-state index in [1.165, 1.54) is 6.07 Å². The van der Waals surface area contributed by atoms with Crippen molar-refractivity contribution in [3.8, 4) is 0 Å². The van der Waals surface area contributed by atoms with Crippen molar-refractivity contribution >= 4 is 23.3 Å². The van der Waals surface area contributed by atoms with Gasteiger partial charge in [-0.25, -0.2) is 0 Å². The van der Waals surface area contributed by atoms with Gasteiger partial charge >= 0.3 is 5.97 Å². The molecule has 1 saturated heterocycles. The predicted molar refractivity (Wildman–Crippen MR) is 79.5 cm³/mol. The summed E-state index contributed by atoms with van der Waals surface area (Å²) in [6.45, 7) is 1.65. The maximum Gasteiger partial charge on any atom is 0.310 e. The Hall–Kier alpha value is -2.44. The molecule has 1 aliphatic heterocycles. The summed E-state index contributed by atoms with van der Waals surface area (Å²) in [6, 6.07) is 4.60. The minimum atomic E-state index is -0.471. The molecule has 23 heavy (non-hydrogen) atoms. The normalized spacial score (nSPS) is 33.6. The number of nitrogens with one attached hydrogen (secondary N) is 1. The third kappa shape index (κ3) is 2.03. The fourth-order valence-electron chi connectivity index (χ4n) is 4.47. The van der Waals surface area contributed by atoms with E-state index in [1.807, 2.05) is 0 Å². The van der Waals surface area contributed by atoms with Gasteiger partial charge in [-0.05, 0) is 31.7 Å². The van der Waals surface area contributed by atoms with Gasteiger partial charge in [0.25, 0.3) is 5.69 Å². The van der Waals surface area contributed by atoms with Crippen LogP contribution >= 0.6 is 0 Å². The number of anilines is 1. The molecule has 2 bridgehead atoms. The monoisotopic (exact) mass is 316 g/mol. The first kappa shape index (κ1) is 14.2. The molecule has 0 spiro atoms. The highest BCUT2D eigenvalue weighted by Gasteiger charge is 2.63. The predicted octanol–water partition coefficient (Wildman–Crippen LogP) is 2.04. The molecule has 5 atom stereocenters. The topological polar surface area (TPSA) is 98.5 Å². The van der Waals surface area contributed by atoms with Gasteiger partial charge in [-0.3, -0.25) is 19.7 Å². The number of carbonyl (C=O) groups is 2. The smallest absolute Gasteiger partial charge is 0.310 e. The van der Waals surface area contributed by atoms with E-state index in [0.29, 0.717) is 11.3 Å². The number of nitro benzene ring substituents is 1. The number of nitro groups is 1. The third-order valence-corrected chi connectivity index (χ3v) is 5.46. The van der Waals surface area contributed by atoms with Crippen LogP contribution in [0, 0.1) is 40.7 Å². The van der Waals surface area contributed by atoms with E-state index in [4.69, 9.17) is 4.74 Å². The molecule has 2 saturated carbocycles. The summed E-state index contributed by atoms with van der Waals surface area (Å²) in [5.41, 5.74) is 0.893. The van der Waals surface area contributed by atoms with Crippen LogP contribution in [0.15, 0.2) is 18.2 Å². The lowest BCUT2D eigenvalue weighted by Crippen LogP contribution is -2.35. The Morgan fingerprint density at radius 3 is 2.91 bits per heavy atom. The van der Waals surface area contributed by atoms with Gasteiger partial charge in [0, 0.05) is 23.2 Å². The molecule has 7 nitrogen and oxygen atoms in total. The highest BCUT2D eigenvalue weighted by Crippen LogP contribution is 2.57. The van der Waals surface area contributed by atoms with E-state index in [1.54, 1.807) is 19.1 Å². The van der Waals surface area contributed by atoms with Crippen LogP contribution in [0.25, 0.3) is 0 Å². The number of nitrogens with zero attached hydrogens (tertiary/aromatic N) is 1. The molecule has 0 unspecified atom stereocenters. The number of benzene rings is 1. The van der Waals surface area contributed by atoms with Crippen molar-refractivity contribution in [2.75, 3.05) is 5.32 Å². The number of fused-ring (bicyclic) bond motifs is 1. The molecule has 1 amide bonds. The number of amides is 1. The molecule has 3 fully saturated rings. The van der Waals surface area contributed by atoms with Crippen molar-refractivity contribution in [2.24, 2.45) is 23.7 Å². The van der Waals surface area contributed by atoms with Gasteiger partial charge in [0.2, 0.25) is 5.91 Å². The number of aryl methyl sites for hydroxylation is 1. The zero-order chi connectivity index (χ0) is 16.3. The zero-order valence-electron chi connectivity index (χ0n) is 12.5. The van der Waals surface area contributed by atoms with Crippen LogP contribution in [0.1, 0.15) is 18.4 Å². The van der Waals surface area contributed by atoms with E-state index in [9.17, 15) is 19.7 Å². The Morgan fingerprint density at radius 1 is 1.39 bits per heavy atom. The van der Waals surface area contributed by atoms with Gasteiger partial charge in [0.15, 0.2) is 0 Å². The highest BCUT2D eigenvalue weighted by atomic mass is 16.6. The van der Waals surface area contributed by atoms with Crippen LogP contribution in [-0.2, 0) is 14.3 Å². The molecule has 120 valence electrons. The number of ether oxygens (including phenoxy) is 1. The second kappa shape index (κ2) is 4.78. The SMILES string of the molecule is Cc1ccc(NC(=O)[C@H]2[C@@H]3C[C@@H]4[C@@H]2C(=O)O[C@@H]4C3)cc1[N+](=O)[O-]. The molecule has 4 rings (SSSR count). The van der Waals surface area contributed by atoms with Crippen LogP contribution in [-0.4, -0.2) is 22.9 Å². The van der Waals surface area contributed by atoms with Gasteiger partial charge in [-0.2, -0.15) is 0 Å². The standard InChI is InChI=1S/C16H16N2O5/c1-7-2-3-9(6-11(7)18(21)22)17-15(19)13-8-4-10-12(5-8)23-16(20)14(10)13/h2-3,6,8,10,12-14H,4-5H2,1H3,(H,17,19)/t8-,10+,12-,13+,14+/m1/s1. The second-order valence-corrected chi connectivity index (χ2v) is 6.67. The summed E-state index contributed by atoms with van der Waals surface area (Å²) < 4.78 is 5.33. The summed E-state index contributed by atoms with van der Waals surface area (Å²) in [5, 5.41) is 13.7. The number of carbonyl (C=O) groups excluding carboxylic acids is 2. The average molecular weight is 316 g/mol. The van der Waals surface area contributed by atoms with Crippen molar-refractivity contribution in [1.29, 1.82) is 0 Å². The molecular weight excluding hydrogens is 300 g/mol. The molecule has 1 aromatic rings. The molecule has 2 aliphatic carbocycles. The lowest BCUT2D eigenvalue weighted by molar-refractivity contribution is -0.385. The lowest BCUT2D eigenvalue weighted by atomic mass is 9.79. The molecule has 1 N–H and O–H groups in total. The van der Waals surface area contributed by atoms with E-state index >= 15 is 0 Å². The van der Waals surface area contributed by atoms with E-state index in [-0.39, 0.29) is 47.3 Å². The molecule has 0 radical (unpaired) electrons. The van der Waals surface area contributed by atoms with E-state index in [0.717, 1.165) is 12.8 Å². The van der Waals surface area contributed by atoms with Crippen molar-refractivity contribution in [3.05, 3.63) is 33.9 Å². The van der Waals surface area contributed by atoms with Crippen molar-refractivity contribution < 1.29 is 19.2 Å². The molecule has 1 heterocycles. The van der Waals surface area contributed by atoms with Crippen LogP contribution in [0.5, 0.6) is 0 Å². The van der Waals surface area contributed by atoms with Gasteiger partial charge in [0.1, 0.15) is 6.10 Å². The van der Waals surface area contributed by atoms with Crippen LogP contribution in [0.3, 0.4) is 0 Å². The summed E-state index contributed by atoms with van der Waals surface area (Å²) in [6.07, 6.45) is 1.59. The number of hydrogen-bond acceptors (Lipinski definition) is 5. The minimum absolute atomic E-state index is 0.0120. The number of hydrogen-bond donors (Lipinski definition) is 1. The number of esters is 1. The van der Waals surface area contributed by atoms with Gasteiger partial charge in [-0.15, -0.1) is 0 Å². The van der Waals surface area contributed by atoms with Gasteiger partial charge in [0.05, 0.1) is 16.8 Å². The molecule has 1 aromatic carbocycles. The van der Waals surface area contributed by atoms with Gasteiger partial charge in [-0.1, -0.05) is 6.07 Å². The molecular formula is C16H16N2O5. The second-order valence-electron chi connectivity index (χ2n) is 6.67. The Kier molecular flexibility index (Phi) is 2.94. The highest BCUT2D eigenvalue weighted by molar-refractivity contribution is 5.97. The minimum Gasteiger partial charge on any atom is -0.462 e. The quantitative estimate of drug-likeness (QED) is 0.522. The van der Waals surface area contributed by atoms with Gasteiger partial charge < -0.3 is 10.1 Å². The first-order valence-electron chi connectivity index (χ1n) is 7.72. The summed E-state index contributed by atoms with van der Waals surface area (Å²) >= 11 is 0. The Morgan fingerprint density at radius 2 is 2.17 bits per heavy atom. The maximum absolute atomic E-state index is 12.6. The summed E-state index contributed by atoms with van der Waals surface area (Å²) in [5.74, 6) is -0.906. The maximum atomic E-state index is 12.6. The third-order valence-electron chi connectivity index (χ3n) is 5.46. The average Bonchev–Trinajstić information content (AvgIpc) is 3.10. The Labute approximate surface area is 132 Å². The van der Waals surface area contributed by atoms with E-state index < -0.39 is 4.92 Å². The Balaban J connectivity index is 1.56.